The minimum atomic E-state index is -0.650. The molecule has 3 aromatic carbocycles. The third-order valence-corrected chi connectivity index (χ3v) is 4.53. The molecule has 0 spiro atoms. The van der Waals surface area contributed by atoms with E-state index in [-0.39, 0.29) is 16.9 Å². The molecule has 0 aliphatic rings. The number of aryl methyl sites for hydroxylation is 1. The molecule has 0 bridgehead atoms. The Morgan fingerprint density at radius 3 is 2.55 bits per heavy atom. The molecular formula is C24H19N3O4. The van der Waals surface area contributed by atoms with Crippen LogP contribution in [-0.4, -0.2) is 10.8 Å². The summed E-state index contributed by atoms with van der Waals surface area (Å²) < 4.78 is 5.80. The van der Waals surface area contributed by atoms with E-state index in [4.69, 9.17) is 4.74 Å². The van der Waals surface area contributed by atoms with Crippen molar-refractivity contribution < 1.29 is 14.5 Å². The average molecular weight is 413 g/mol. The molecule has 0 aromatic heterocycles. The molecule has 0 aliphatic heterocycles. The first-order valence-electron chi connectivity index (χ1n) is 9.41. The first kappa shape index (κ1) is 21.3. The maximum Gasteiger partial charge on any atom is 0.271 e. The lowest BCUT2D eigenvalue weighted by atomic mass is 10.1. The zero-order valence-corrected chi connectivity index (χ0v) is 16.7. The van der Waals surface area contributed by atoms with Crippen molar-refractivity contribution in [3.05, 3.63) is 105 Å². The second-order valence-corrected chi connectivity index (χ2v) is 6.72. The Kier molecular flexibility index (Phi) is 6.76. The number of nitrogens with zero attached hydrogens (tertiary/aromatic N) is 2. The summed E-state index contributed by atoms with van der Waals surface area (Å²) in [6.45, 7) is 2.46. The highest BCUT2D eigenvalue weighted by Gasteiger charge is 2.12. The van der Waals surface area contributed by atoms with Crippen molar-refractivity contribution in [3.8, 4) is 11.8 Å². The van der Waals surface area contributed by atoms with Crippen LogP contribution >= 0.6 is 0 Å². The Morgan fingerprint density at radius 1 is 1.13 bits per heavy atom. The van der Waals surface area contributed by atoms with Gasteiger partial charge in [-0.2, -0.15) is 5.26 Å². The van der Waals surface area contributed by atoms with Gasteiger partial charge in [0, 0.05) is 17.8 Å². The lowest BCUT2D eigenvalue weighted by Gasteiger charge is -2.09. The van der Waals surface area contributed by atoms with Gasteiger partial charge in [-0.05, 0) is 47.9 Å². The van der Waals surface area contributed by atoms with Crippen LogP contribution in [0.15, 0.2) is 78.4 Å². The molecule has 0 atom stereocenters. The molecule has 0 radical (unpaired) electrons. The van der Waals surface area contributed by atoms with E-state index in [2.05, 4.69) is 5.32 Å². The van der Waals surface area contributed by atoms with E-state index in [1.807, 2.05) is 37.3 Å². The first-order chi connectivity index (χ1) is 15.0. The van der Waals surface area contributed by atoms with E-state index in [1.54, 1.807) is 24.3 Å². The number of hydrogen-bond donors (Lipinski definition) is 1. The number of nitrogens with one attached hydrogen (secondary N) is 1. The number of amides is 1. The third-order valence-electron chi connectivity index (χ3n) is 4.53. The maximum atomic E-state index is 12.4. The van der Waals surface area contributed by atoms with Gasteiger partial charge < -0.3 is 10.1 Å². The van der Waals surface area contributed by atoms with Gasteiger partial charge in [-0.1, -0.05) is 42.5 Å². The van der Waals surface area contributed by atoms with Crippen LogP contribution in [0.3, 0.4) is 0 Å². The number of non-ortho nitro benzene ring substituents is 1. The molecule has 0 aliphatic carbocycles. The highest BCUT2D eigenvalue weighted by molar-refractivity contribution is 6.09. The summed E-state index contributed by atoms with van der Waals surface area (Å²) in [5.41, 5.74) is 2.85. The minimum absolute atomic E-state index is 0.125. The van der Waals surface area contributed by atoms with Crippen LogP contribution < -0.4 is 10.1 Å². The third kappa shape index (κ3) is 5.78. The molecule has 0 heterocycles. The van der Waals surface area contributed by atoms with E-state index < -0.39 is 10.8 Å². The van der Waals surface area contributed by atoms with Gasteiger partial charge in [0.2, 0.25) is 0 Å². The van der Waals surface area contributed by atoms with Crippen molar-refractivity contribution in [2.75, 3.05) is 5.32 Å². The number of anilines is 1. The fraction of sp³-hybridized carbons (Fsp3) is 0.0833. The highest BCUT2D eigenvalue weighted by atomic mass is 16.6. The largest absolute Gasteiger partial charge is 0.489 e. The van der Waals surface area contributed by atoms with Gasteiger partial charge in [-0.3, -0.25) is 14.9 Å². The van der Waals surface area contributed by atoms with E-state index in [1.165, 1.54) is 30.3 Å². The average Bonchev–Trinajstić information content (AvgIpc) is 2.78. The van der Waals surface area contributed by atoms with Gasteiger partial charge in [0.15, 0.2) is 0 Å². The number of nitro groups is 1. The molecule has 7 nitrogen and oxygen atoms in total. The minimum Gasteiger partial charge on any atom is -0.489 e. The van der Waals surface area contributed by atoms with E-state index in [9.17, 15) is 20.2 Å². The number of benzene rings is 3. The summed E-state index contributed by atoms with van der Waals surface area (Å²) in [5, 5.41) is 22.7. The number of nitriles is 1. The second-order valence-electron chi connectivity index (χ2n) is 6.72. The first-order valence-corrected chi connectivity index (χ1v) is 9.41. The van der Waals surface area contributed by atoms with Crippen LogP contribution in [-0.2, 0) is 11.4 Å². The normalized spacial score (nSPS) is 10.8. The number of nitro benzene ring substituents is 1. The standard InChI is InChI=1S/C24H19N3O4/c1-17-5-2-3-6-19(17)16-31-23-11-9-18(10-12-23)13-20(15-25)24(28)26-21-7-4-8-22(14-21)27(29)30/h2-14H,16H2,1H3,(H,26,28)/b20-13+. The number of rotatable bonds is 7. The van der Waals surface area contributed by atoms with Crippen LogP contribution in [0.25, 0.3) is 6.08 Å². The summed E-state index contributed by atoms with van der Waals surface area (Å²) in [6, 6.07) is 22.3. The summed E-state index contributed by atoms with van der Waals surface area (Å²) >= 11 is 0. The van der Waals surface area contributed by atoms with E-state index in [0.29, 0.717) is 17.9 Å². The summed E-state index contributed by atoms with van der Waals surface area (Å²) in [7, 11) is 0. The highest BCUT2D eigenvalue weighted by Crippen LogP contribution is 2.20. The zero-order valence-electron chi connectivity index (χ0n) is 16.7. The Morgan fingerprint density at radius 2 is 1.87 bits per heavy atom. The molecule has 0 unspecified atom stereocenters. The van der Waals surface area contributed by atoms with Crippen LogP contribution in [0.1, 0.15) is 16.7 Å². The Balaban J connectivity index is 1.67. The maximum absolute atomic E-state index is 12.4. The molecule has 31 heavy (non-hydrogen) atoms. The molecular weight excluding hydrogens is 394 g/mol. The Labute approximate surface area is 179 Å². The predicted octanol–water partition coefficient (Wildman–Crippen LogP) is 5.03. The van der Waals surface area contributed by atoms with Crippen molar-refractivity contribution >= 4 is 23.4 Å². The summed E-state index contributed by atoms with van der Waals surface area (Å²) in [4.78, 5) is 22.7. The molecule has 1 N–H and O–H groups in total. The molecule has 1 amide bonds. The quantitative estimate of drug-likeness (QED) is 0.253. The van der Waals surface area contributed by atoms with E-state index in [0.717, 1.165) is 11.1 Å². The van der Waals surface area contributed by atoms with Crippen LogP contribution in [0, 0.1) is 28.4 Å². The number of ether oxygens (including phenoxy) is 1. The molecule has 0 saturated carbocycles. The summed E-state index contributed by atoms with van der Waals surface area (Å²) in [5.74, 6) is 0.0165. The van der Waals surface area contributed by atoms with Gasteiger partial charge >= 0.3 is 0 Å². The molecule has 3 aromatic rings. The molecule has 7 heteroatoms. The van der Waals surface area contributed by atoms with Crippen molar-refractivity contribution in [1.29, 1.82) is 5.26 Å². The van der Waals surface area contributed by atoms with Gasteiger partial charge in [0.25, 0.3) is 11.6 Å². The fourth-order valence-corrected chi connectivity index (χ4v) is 2.80. The lowest BCUT2D eigenvalue weighted by Crippen LogP contribution is -2.13. The second kappa shape index (κ2) is 9.85. The Hall–Kier alpha value is -4.44. The molecule has 0 fully saturated rings. The lowest BCUT2D eigenvalue weighted by molar-refractivity contribution is -0.384. The van der Waals surface area contributed by atoms with Crippen molar-refractivity contribution in [3.63, 3.8) is 0 Å². The molecule has 0 saturated heterocycles. The predicted molar refractivity (Wildman–Crippen MR) is 117 cm³/mol. The molecule has 3 rings (SSSR count). The van der Waals surface area contributed by atoms with Crippen LogP contribution in [0.5, 0.6) is 5.75 Å². The SMILES string of the molecule is Cc1ccccc1COc1ccc(/C=C(\C#N)C(=O)Nc2cccc([N+](=O)[O-])c2)cc1. The Bertz CT molecular complexity index is 1180. The zero-order chi connectivity index (χ0) is 22.2. The van der Waals surface area contributed by atoms with Gasteiger partial charge in [0.1, 0.15) is 24.0 Å². The van der Waals surface area contributed by atoms with Crippen LogP contribution in [0.2, 0.25) is 0 Å². The molecule has 154 valence electrons. The topological polar surface area (TPSA) is 105 Å². The number of hydrogen-bond acceptors (Lipinski definition) is 5. The van der Waals surface area contributed by atoms with Gasteiger partial charge in [-0.15, -0.1) is 0 Å². The van der Waals surface area contributed by atoms with E-state index >= 15 is 0 Å². The monoisotopic (exact) mass is 413 g/mol. The van der Waals surface area contributed by atoms with Crippen LogP contribution in [0.4, 0.5) is 11.4 Å². The fourth-order valence-electron chi connectivity index (χ4n) is 2.80. The van der Waals surface area contributed by atoms with Gasteiger partial charge in [0.05, 0.1) is 4.92 Å². The summed E-state index contributed by atoms with van der Waals surface area (Å²) in [6.07, 6.45) is 1.44. The van der Waals surface area contributed by atoms with Gasteiger partial charge in [-0.25, -0.2) is 0 Å². The number of carbonyl (C=O) groups is 1. The van der Waals surface area contributed by atoms with Crippen molar-refractivity contribution in [2.24, 2.45) is 0 Å². The van der Waals surface area contributed by atoms with Crippen molar-refractivity contribution in [2.45, 2.75) is 13.5 Å². The smallest absolute Gasteiger partial charge is 0.271 e. The van der Waals surface area contributed by atoms with Crippen molar-refractivity contribution in [1.82, 2.24) is 0 Å². The number of carbonyl (C=O) groups excluding carboxylic acids is 1.